The van der Waals surface area contributed by atoms with Gasteiger partial charge in [-0.1, -0.05) is 25.3 Å². The van der Waals surface area contributed by atoms with Crippen LogP contribution in [0.5, 0.6) is 5.75 Å². The Hall–Kier alpha value is -2.67. The fourth-order valence-corrected chi connectivity index (χ4v) is 4.74. The number of thiocarbonyl (C=S) groups is 1. The van der Waals surface area contributed by atoms with Gasteiger partial charge in [-0.15, -0.1) is 0 Å². The van der Waals surface area contributed by atoms with E-state index in [1.54, 1.807) is 12.0 Å². The van der Waals surface area contributed by atoms with Gasteiger partial charge in [0.1, 0.15) is 11.4 Å². The van der Waals surface area contributed by atoms with Gasteiger partial charge in [-0.05, 0) is 68.7 Å². The van der Waals surface area contributed by atoms with E-state index in [2.05, 4.69) is 16.5 Å². The summed E-state index contributed by atoms with van der Waals surface area (Å²) in [4.78, 5) is 14.8. The van der Waals surface area contributed by atoms with E-state index in [9.17, 15) is 4.79 Å². The fraction of sp³-hybridized carbons (Fsp3) is 0.435. The Kier molecular flexibility index (Phi) is 5.90. The minimum Gasteiger partial charge on any atom is -0.496 e. The molecule has 1 aromatic carbocycles. The number of carbonyl (C=O) groups excluding carboxylic acids is 1. The fourth-order valence-electron chi connectivity index (χ4n) is 4.39. The number of rotatable bonds is 5. The molecule has 2 aromatic rings. The van der Waals surface area contributed by atoms with Gasteiger partial charge in [0.25, 0.3) is 5.91 Å². The number of hydrogen-bond donors (Lipinski definition) is 1. The second-order valence-corrected chi connectivity index (χ2v) is 8.50. The van der Waals surface area contributed by atoms with Crippen molar-refractivity contribution in [3.05, 3.63) is 52.5 Å². The van der Waals surface area contributed by atoms with Crippen LogP contribution in [0.1, 0.15) is 54.6 Å². The number of benzene rings is 1. The van der Waals surface area contributed by atoms with Crippen LogP contribution < -0.4 is 10.1 Å². The molecule has 30 heavy (non-hydrogen) atoms. The predicted molar refractivity (Wildman–Crippen MR) is 121 cm³/mol. The van der Waals surface area contributed by atoms with Gasteiger partial charge < -0.3 is 10.1 Å². The van der Waals surface area contributed by atoms with Crippen LogP contribution in [0.3, 0.4) is 0 Å². The number of amides is 1. The Morgan fingerprint density at radius 1 is 1.23 bits per heavy atom. The summed E-state index contributed by atoms with van der Waals surface area (Å²) in [5.74, 6) is 0.776. The van der Waals surface area contributed by atoms with E-state index in [-0.39, 0.29) is 11.9 Å². The summed E-state index contributed by atoms with van der Waals surface area (Å²) in [5, 5.41) is 8.21. The van der Waals surface area contributed by atoms with Crippen LogP contribution in [0.25, 0.3) is 6.08 Å². The van der Waals surface area contributed by atoms with Gasteiger partial charge in [0.15, 0.2) is 5.11 Å². The Balaban J connectivity index is 1.59. The maximum atomic E-state index is 13.0. The summed E-state index contributed by atoms with van der Waals surface area (Å²) in [6.07, 6.45) is 7.48. The van der Waals surface area contributed by atoms with Crippen LogP contribution in [0.4, 0.5) is 0 Å². The quantitative estimate of drug-likeness (QED) is 0.582. The second-order valence-electron chi connectivity index (χ2n) is 8.11. The molecule has 158 valence electrons. The van der Waals surface area contributed by atoms with E-state index in [0.717, 1.165) is 53.9 Å². The molecular formula is C23H28N4O2S. The van der Waals surface area contributed by atoms with E-state index in [1.165, 1.54) is 6.42 Å². The van der Waals surface area contributed by atoms with Crippen molar-refractivity contribution in [2.24, 2.45) is 0 Å². The molecule has 2 aliphatic rings. The van der Waals surface area contributed by atoms with Crippen LogP contribution in [-0.4, -0.2) is 38.9 Å². The molecule has 6 nitrogen and oxygen atoms in total. The largest absolute Gasteiger partial charge is 0.496 e. The molecule has 1 saturated carbocycles. The molecule has 0 spiro atoms. The number of methoxy groups -OCH3 is 1. The van der Waals surface area contributed by atoms with Crippen LogP contribution >= 0.6 is 12.2 Å². The summed E-state index contributed by atoms with van der Waals surface area (Å²) in [7, 11) is 1.67. The van der Waals surface area contributed by atoms with Crippen molar-refractivity contribution in [2.45, 2.75) is 58.5 Å². The molecule has 2 heterocycles. The van der Waals surface area contributed by atoms with E-state index >= 15 is 0 Å². The molecule has 7 heteroatoms. The number of hydrogen-bond acceptors (Lipinski definition) is 4. The first-order valence-corrected chi connectivity index (χ1v) is 10.9. The number of aryl methyl sites for hydroxylation is 2. The lowest BCUT2D eigenvalue weighted by atomic mass is 9.94. The lowest BCUT2D eigenvalue weighted by Crippen LogP contribution is -2.41. The molecule has 1 aliphatic carbocycles. The third kappa shape index (κ3) is 4.12. The first kappa shape index (κ1) is 20.6. The monoisotopic (exact) mass is 424 g/mol. The lowest BCUT2D eigenvalue weighted by molar-refractivity contribution is -0.124. The third-order valence-corrected chi connectivity index (χ3v) is 6.19. The highest BCUT2D eigenvalue weighted by molar-refractivity contribution is 7.80. The van der Waals surface area contributed by atoms with Crippen molar-refractivity contribution in [3.8, 4) is 5.75 Å². The predicted octanol–water partition coefficient (Wildman–Crippen LogP) is 3.95. The summed E-state index contributed by atoms with van der Waals surface area (Å²) < 4.78 is 7.51. The highest BCUT2D eigenvalue weighted by Gasteiger charge is 2.36. The summed E-state index contributed by atoms with van der Waals surface area (Å²) in [6.45, 7) is 4.63. The second kappa shape index (κ2) is 8.60. The van der Waals surface area contributed by atoms with E-state index in [1.807, 2.05) is 42.8 Å². The normalized spacial score (nSPS) is 18.9. The Labute approximate surface area is 182 Å². The smallest absolute Gasteiger partial charge is 0.276 e. The van der Waals surface area contributed by atoms with Gasteiger partial charge in [-0.3, -0.25) is 14.4 Å². The highest BCUT2D eigenvalue weighted by atomic mass is 32.1. The van der Waals surface area contributed by atoms with Crippen molar-refractivity contribution in [2.75, 3.05) is 7.11 Å². The Morgan fingerprint density at radius 2 is 2.00 bits per heavy atom. The average molecular weight is 425 g/mol. The minimum absolute atomic E-state index is 0.0252. The molecule has 0 radical (unpaired) electrons. The number of carbonyl (C=O) groups is 1. The van der Waals surface area contributed by atoms with Crippen LogP contribution in [0, 0.1) is 13.8 Å². The number of ether oxygens (including phenoxy) is 1. The van der Waals surface area contributed by atoms with Gasteiger partial charge in [0, 0.05) is 17.3 Å². The van der Waals surface area contributed by atoms with Gasteiger partial charge in [-0.25, -0.2) is 0 Å². The van der Waals surface area contributed by atoms with Crippen molar-refractivity contribution >= 4 is 29.3 Å². The van der Waals surface area contributed by atoms with Crippen LogP contribution in [0.15, 0.2) is 30.0 Å². The van der Waals surface area contributed by atoms with Crippen molar-refractivity contribution in [1.29, 1.82) is 0 Å². The lowest BCUT2D eigenvalue weighted by Gasteiger charge is -2.29. The molecule has 1 aromatic heterocycles. The zero-order valence-electron chi connectivity index (χ0n) is 17.8. The van der Waals surface area contributed by atoms with Crippen molar-refractivity contribution in [1.82, 2.24) is 20.0 Å². The Morgan fingerprint density at radius 3 is 2.67 bits per heavy atom. The maximum absolute atomic E-state index is 13.0. The Bertz CT molecular complexity index is 1000. The SMILES string of the molecule is COc1ccc(/C=C2/NC(=S)N(C3CCCCC3)C2=O)cc1Cn1nc(C)cc1C. The standard InChI is InChI=1S/C23H28N4O2S/c1-15-11-16(2)26(25-15)14-18-12-17(9-10-21(18)29-3)13-20-22(28)27(23(30)24-20)19-7-5-4-6-8-19/h9-13,19H,4-8,14H2,1-3H3,(H,24,30)/b20-13+. The molecule has 2 fully saturated rings. The topological polar surface area (TPSA) is 59.4 Å². The first-order chi connectivity index (χ1) is 14.5. The van der Waals surface area contributed by atoms with E-state index in [0.29, 0.717) is 17.4 Å². The van der Waals surface area contributed by atoms with Crippen LogP contribution in [-0.2, 0) is 11.3 Å². The summed E-state index contributed by atoms with van der Waals surface area (Å²) >= 11 is 5.48. The van der Waals surface area contributed by atoms with Crippen LogP contribution in [0.2, 0.25) is 0 Å². The van der Waals surface area contributed by atoms with Gasteiger partial charge in [0.05, 0.1) is 19.3 Å². The van der Waals surface area contributed by atoms with Gasteiger partial charge in [-0.2, -0.15) is 5.10 Å². The van der Waals surface area contributed by atoms with Crippen molar-refractivity contribution < 1.29 is 9.53 Å². The van der Waals surface area contributed by atoms with E-state index < -0.39 is 0 Å². The minimum atomic E-state index is -0.0252. The molecule has 0 bridgehead atoms. The average Bonchev–Trinajstić information content (AvgIpc) is 3.19. The zero-order chi connectivity index (χ0) is 21.3. The molecule has 4 rings (SSSR count). The molecule has 1 N–H and O–H groups in total. The summed E-state index contributed by atoms with van der Waals surface area (Å²) in [6, 6.07) is 8.21. The molecule has 0 atom stereocenters. The zero-order valence-corrected chi connectivity index (χ0v) is 18.6. The molecular weight excluding hydrogens is 396 g/mol. The molecule has 0 unspecified atom stereocenters. The van der Waals surface area contributed by atoms with Gasteiger partial charge >= 0.3 is 0 Å². The van der Waals surface area contributed by atoms with E-state index in [4.69, 9.17) is 17.0 Å². The first-order valence-electron chi connectivity index (χ1n) is 10.5. The van der Waals surface area contributed by atoms with Gasteiger partial charge in [0.2, 0.25) is 0 Å². The highest BCUT2D eigenvalue weighted by Crippen LogP contribution is 2.28. The molecule has 1 amide bonds. The number of nitrogens with one attached hydrogen (secondary N) is 1. The molecule has 1 aliphatic heterocycles. The number of nitrogens with zero attached hydrogens (tertiary/aromatic N) is 3. The molecule has 1 saturated heterocycles. The van der Waals surface area contributed by atoms with Crippen molar-refractivity contribution in [3.63, 3.8) is 0 Å². The summed E-state index contributed by atoms with van der Waals surface area (Å²) in [5.41, 5.74) is 4.56. The third-order valence-electron chi connectivity index (χ3n) is 5.89. The number of aromatic nitrogens is 2. The maximum Gasteiger partial charge on any atom is 0.276 e.